The molecule has 0 radical (unpaired) electrons. The highest BCUT2D eigenvalue weighted by Gasteiger charge is 2.08. The minimum absolute atomic E-state index is 0.762. The molecule has 0 aliphatic heterocycles. The first-order valence-corrected chi connectivity index (χ1v) is 6.87. The molecule has 4 heteroatoms. The molecule has 0 unspecified atom stereocenters. The first-order valence-electron chi connectivity index (χ1n) is 6.08. The van der Waals surface area contributed by atoms with Crippen LogP contribution in [0.1, 0.15) is 11.3 Å². The van der Waals surface area contributed by atoms with E-state index in [1.165, 1.54) is 0 Å². The summed E-state index contributed by atoms with van der Waals surface area (Å²) in [6, 6.07) is 12.1. The van der Waals surface area contributed by atoms with E-state index in [0.717, 1.165) is 33.8 Å². The highest BCUT2D eigenvalue weighted by molar-refractivity contribution is 9.10. The Hall–Kier alpha value is -1.55. The van der Waals surface area contributed by atoms with E-state index >= 15 is 0 Å². The fourth-order valence-corrected chi connectivity index (χ4v) is 2.13. The number of pyridine rings is 1. The van der Waals surface area contributed by atoms with Crippen LogP contribution in [0.4, 0.5) is 5.82 Å². The van der Waals surface area contributed by atoms with Gasteiger partial charge in [0.2, 0.25) is 0 Å². The molecule has 1 heterocycles. The maximum Gasteiger partial charge on any atom is 0.128 e. The highest BCUT2D eigenvalue weighted by Crippen LogP contribution is 2.23. The molecule has 0 atom stereocenters. The largest absolute Gasteiger partial charge is 0.496 e. The molecule has 0 spiro atoms. The molecular formula is C15H17BrN2O. The van der Waals surface area contributed by atoms with Crippen molar-refractivity contribution in [1.29, 1.82) is 0 Å². The second kappa shape index (κ2) is 6.06. The van der Waals surface area contributed by atoms with Gasteiger partial charge in [0.15, 0.2) is 0 Å². The molecular weight excluding hydrogens is 304 g/mol. The molecule has 100 valence electrons. The number of hydrogen-bond acceptors (Lipinski definition) is 3. The number of para-hydroxylation sites is 1. The van der Waals surface area contributed by atoms with Gasteiger partial charge in [-0.25, -0.2) is 4.98 Å². The molecule has 0 fully saturated rings. The lowest BCUT2D eigenvalue weighted by atomic mass is 10.2. The van der Waals surface area contributed by atoms with E-state index in [1.807, 2.05) is 44.3 Å². The fraction of sp³-hybridized carbons (Fsp3) is 0.267. The van der Waals surface area contributed by atoms with E-state index in [4.69, 9.17) is 4.74 Å². The van der Waals surface area contributed by atoms with E-state index in [-0.39, 0.29) is 0 Å². The van der Waals surface area contributed by atoms with E-state index < -0.39 is 0 Å². The van der Waals surface area contributed by atoms with Crippen LogP contribution in [-0.4, -0.2) is 19.1 Å². The Morgan fingerprint density at radius 1 is 1.21 bits per heavy atom. The topological polar surface area (TPSA) is 25.4 Å². The number of hydrogen-bond donors (Lipinski definition) is 0. The van der Waals surface area contributed by atoms with Crippen molar-refractivity contribution in [2.45, 2.75) is 13.5 Å². The van der Waals surface area contributed by atoms with Crippen molar-refractivity contribution in [3.05, 3.63) is 52.1 Å². The maximum absolute atomic E-state index is 5.37. The van der Waals surface area contributed by atoms with Gasteiger partial charge in [-0.3, -0.25) is 0 Å². The van der Waals surface area contributed by atoms with Gasteiger partial charge >= 0.3 is 0 Å². The van der Waals surface area contributed by atoms with Gasteiger partial charge in [-0.15, -0.1) is 0 Å². The third-order valence-electron chi connectivity index (χ3n) is 3.00. The number of methoxy groups -OCH3 is 1. The Kier molecular flexibility index (Phi) is 4.43. The van der Waals surface area contributed by atoms with Crippen LogP contribution in [-0.2, 0) is 6.54 Å². The number of anilines is 1. The number of rotatable bonds is 4. The van der Waals surface area contributed by atoms with Crippen molar-refractivity contribution in [2.75, 3.05) is 19.1 Å². The second-order valence-corrected chi connectivity index (χ2v) is 5.26. The molecule has 0 bridgehead atoms. The summed E-state index contributed by atoms with van der Waals surface area (Å²) in [5.74, 6) is 1.86. The Morgan fingerprint density at radius 2 is 1.95 bits per heavy atom. The number of aryl methyl sites for hydroxylation is 1. The van der Waals surface area contributed by atoms with Crippen LogP contribution >= 0.6 is 15.9 Å². The van der Waals surface area contributed by atoms with Crippen molar-refractivity contribution in [3.63, 3.8) is 0 Å². The molecule has 2 rings (SSSR count). The summed E-state index contributed by atoms with van der Waals surface area (Å²) in [5.41, 5.74) is 2.14. The lowest BCUT2D eigenvalue weighted by Crippen LogP contribution is -2.18. The molecule has 19 heavy (non-hydrogen) atoms. The van der Waals surface area contributed by atoms with Crippen molar-refractivity contribution in [2.24, 2.45) is 0 Å². The van der Waals surface area contributed by atoms with Crippen LogP contribution in [0.3, 0.4) is 0 Å². The molecule has 0 aliphatic carbocycles. The van der Waals surface area contributed by atoms with Gasteiger partial charge in [0.25, 0.3) is 0 Å². The quantitative estimate of drug-likeness (QED) is 0.856. The molecule has 1 aromatic heterocycles. The maximum atomic E-state index is 5.37. The van der Waals surface area contributed by atoms with E-state index in [2.05, 4.69) is 31.9 Å². The monoisotopic (exact) mass is 320 g/mol. The van der Waals surface area contributed by atoms with Gasteiger partial charge in [-0.2, -0.15) is 0 Å². The summed E-state index contributed by atoms with van der Waals surface area (Å²) in [6.07, 6.45) is 0. The summed E-state index contributed by atoms with van der Waals surface area (Å²) in [7, 11) is 3.73. The van der Waals surface area contributed by atoms with E-state index in [0.29, 0.717) is 0 Å². The van der Waals surface area contributed by atoms with Crippen molar-refractivity contribution in [1.82, 2.24) is 4.98 Å². The molecule has 1 aromatic carbocycles. The lowest BCUT2D eigenvalue weighted by molar-refractivity contribution is 0.409. The summed E-state index contributed by atoms with van der Waals surface area (Å²) in [5, 5.41) is 0. The predicted octanol–water partition coefficient (Wildman–Crippen LogP) is 3.80. The minimum atomic E-state index is 0.762. The fourth-order valence-electron chi connectivity index (χ4n) is 1.91. The molecule has 0 saturated carbocycles. The van der Waals surface area contributed by atoms with Crippen LogP contribution in [0.2, 0.25) is 0 Å². The molecule has 3 nitrogen and oxygen atoms in total. The van der Waals surface area contributed by atoms with Crippen molar-refractivity contribution >= 4 is 21.7 Å². The average molecular weight is 321 g/mol. The van der Waals surface area contributed by atoms with Crippen LogP contribution in [0.5, 0.6) is 5.75 Å². The number of halogens is 1. The van der Waals surface area contributed by atoms with Crippen LogP contribution in [0.25, 0.3) is 0 Å². The smallest absolute Gasteiger partial charge is 0.128 e. The van der Waals surface area contributed by atoms with Gasteiger partial charge < -0.3 is 9.64 Å². The Balaban J connectivity index is 2.20. The second-order valence-electron chi connectivity index (χ2n) is 4.40. The van der Waals surface area contributed by atoms with Gasteiger partial charge in [-0.1, -0.05) is 18.2 Å². The van der Waals surface area contributed by atoms with Gasteiger partial charge in [0, 0.05) is 23.6 Å². The van der Waals surface area contributed by atoms with Gasteiger partial charge in [-0.05, 0) is 41.1 Å². The van der Waals surface area contributed by atoms with Crippen LogP contribution in [0.15, 0.2) is 40.9 Å². The molecule has 2 aromatic rings. The summed E-state index contributed by atoms with van der Waals surface area (Å²) in [4.78, 5) is 6.67. The first kappa shape index (κ1) is 13.9. The number of benzene rings is 1. The average Bonchev–Trinajstić information content (AvgIpc) is 2.42. The summed E-state index contributed by atoms with van der Waals surface area (Å²) < 4.78 is 6.40. The predicted molar refractivity (Wildman–Crippen MR) is 81.8 cm³/mol. The van der Waals surface area contributed by atoms with Crippen molar-refractivity contribution in [3.8, 4) is 5.75 Å². The molecule has 0 amide bonds. The normalized spacial score (nSPS) is 10.3. The lowest BCUT2D eigenvalue weighted by Gasteiger charge is -2.20. The zero-order valence-electron chi connectivity index (χ0n) is 11.4. The Morgan fingerprint density at radius 3 is 2.63 bits per heavy atom. The molecule has 0 aliphatic rings. The number of aromatic nitrogens is 1. The standard InChI is InChI=1S/C15H17BrN2O/c1-11-13(16)8-9-15(17-11)18(2)10-12-6-4-5-7-14(12)19-3/h4-9H,10H2,1-3H3. The molecule has 0 saturated heterocycles. The third-order valence-corrected chi connectivity index (χ3v) is 3.84. The number of nitrogens with zero attached hydrogens (tertiary/aromatic N) is 2. The van der Waals surface area contributed by atoms with Crippen LogP contribution < -0.4 is 9.64 Å². The van der Waals surface area contributed by atoms with Gasteiger partial charge in [0.1, 0.15) is 11.6 Å². The van der Waals surface area contributed by atoms with Gasteiger partial charge in [0.05, 0.1) is 12.8 Å². The van der Waals surface area contributed by atoms with Crippen LogP contribution in [0, 0.1) is 6.92 Å². The minimum Gasteiger partial charge on any atom is -0.496 e. The highest BCUT2D eigenvalue weighted by atomic mass is 79.9. The summed E-state index contributed by atoms with van der Waals surface area (Å²) >= 11 is 3.47. The molecule has 0 N–H and O–H groups in total. The Labute approximate surface area is 122 Å². The SMILES string of the molecule is COc1ccccc1CN(C)c1ccc(Br)c(C)n1. The first-order chi connectivity index (χ1) is 9.11. The third kappa shape index (κ3) is 3.26. The summed E-state index contributed by atoms with van der Waals surface area (Å²) in [6.45, 7) is 2.75. The zero-order valence-corrected chi connectivity index (χ0v) is 12.9. The zero-order chi connectivity index (χ0) is 13.8. The van der Waals surface area contributed by atoms with Crippen molar-refractivity contribution < 1.29 is 4.74 Å². The van der Waals surface area contributed by atoms with E-state index in [9.17, 15) is 0 Å². The number of ether oxygens (including phenoxy) is 1. The van der Waals surface area contributed by atoms with E-state index in [1.54, 1.807) is 7.11 Å². The Bertz CT molecular complexity index is 572.